The van der Waals surface area contributed by atoms with Crippen LogP contribution in [0.25, 0.3) is 0 Å². The number of hydrogen-bond acceptors (Lipinski definition) is 3. The van der Waals surface area contributed by atoms with Gasteiger partial charge in [0.1, 0.15) is 18.2 Å². The van der Waals surface area contributed by atoms with Gasteiger partial charge in [0, 0.05) is 12.6 Å². The molecule has 1 amide bonds. The van der Waals surface area contributed by atoms with Gasteiger partial charge in [0.25, 0.3) is 0 Å². The fraction of sp³-hybridized carbons (Fsp3) is 0.562. The summed E-state index contributed by atoms with van der Waals surface area (Å²) >= 11 is 0. The minimum atomic E-state index is -0.311. The molecule has 1 aromatic carbocycles. The molecule has 2 atom stereocenters. The Labute approximate surface area is 123 Å². The highest BCUT2D eigenvalue weighted by Gasteiger charge is 2.34. The molecule has 0 aromatic heterocycles. The normalized spacial score (nSPS) is 22.1. The Morgan fingerprint density at radius 3 is 3.00 bits per heavy atom. The molecule has 114 valence electrons. The van der Waals surface area contributed by atoms with Gasteiger partial charge in [0.15, 0.2) is 0 Å². The van der Waals surface area contributed by atoms with Gasteiger partial charge in [-0.15, -0.1) is 0 Å². The van der Waals surface area contributed by atoms with Crippen LogP contribution in [0.1, 0.15) is 24.8 Å². The SMILES string of the molecule is O=C(NC(CCO)C1CC1)C1COc2ccc(F)cc2C1. The molecule has 21 heavy (non-hydrogen) atoms. The second-order valence-corrected chi connectivity index (χ2v) is 5.93. The molecule has 5 heteroatoms. The third-order valence-corrected chi connectivity index (χ3v) is 4.26. The van der Waals surface area contributed by atoms with E-state index >= 15 is 0 Å². The average molecular weight is 293 g/mol. The van der Waals surface area contributed by atoms with Crippen molar-refractivity contribution >= 4 is 5.91 Å². The van der Waals surface area contributed by atoms with Gasteiger partial charge in [-0.3, -0.25) is 4.79 Å². The van der Waals surface area contributed by atoms with Crippen LogP contribution >= 0.6 is 0 Å². The summed E-state index contributed by atoms with van der Waals surface area (Å²) < 4.78 is 18.8. The van der Waals surface area contributed by atoms with Gasteiger partial charge in [-0.1, -0.05) is 0 Å². The van der Waals surface area contributed by atoms with Crippen LogP contribution in [0, 0.1) is 17.7 Å². The second kappa shape index (κ2) is 6.02. The van der Waals surface area contributed by atoms with Crippen molar-refractivity contribution in [3.05, 3.63) is 29.6 Å². The quantitative estimate of drug-likeness (QED) is 0.868. The van der Waals surface area contributed by atoms with Crippen molar-refractivity contribution < 1.29 is 19.0 Å². The highest BCUT2D eigenvalue weighted by molar-refractivity contribution is 5.80. The van der Waals surface area contributed by atoms with E-state index in [9.17, 15) is 9.18 Å². The van der Waals surface area contributed by atoms with Gasteiger partial charge in [0.2, 0.25) is 5.91 Å². The lowest BCUT2D eigenvalue weighted by molar-refractivity contribution is -0.127. The van der Waals surface area contributed by atoms with E-state index in [0.717, 1.165) is 18.4 Å². The zero-order valence-electron chi connectivity index (χ0n) is 11.8. The molecule has 1 saturated carbocycles. The van der Waals surface area contributed by atoms with E-state index in [-0.39, 0.29) is 30.3 Å². The molecule has 4 nitrogen and oxygen atoms in total. The van der Waals surface area contributed by atoms with E-state index in [1.54, 1.807) is 6.07 Å². The molecule has 1 aromatic rings. The van der Waals surface area contributed by atoms with Crippen LogP contribution in [0.4, 0.5) is 4.39 Å². The van der Waals surface area contributed by atoms with Crippen molar-refractivity contribution in [3.8, 4) is 5.75 Å². The van der Waals surface area contributed by atoms with E-state index in [1.165, 1.54) is 12.1 Å². The largest absolute Gasteiger partial charge is 0.492 e. The van der Waals surface area contributed by atoms with Gasteiger partial charge in [0.05, 0.1) is 5.92 Å². The van der Waals surface area contributed by atoms with Crippen LogP contribution in [0.2, 0.25) is 0 Å². The first-order valence-electron chi connectivity index (χ1n) is 7.50. The van der Waals surface area contributed by atoms with E-state index in [0.29, 0.717) is 31.1 Å². The standard InChI is InChI=1S/C16H20FNO3/c17-13-3-4-15-11(8-13)7-12(9-21-15)16(20)18-14(5-6-19)10-1-2-10/h3-4,8,10,12,14,19H,1-2,5-7,9H2,(H,18,20). The lowest BCUT2D eigenvalue weighted by atomic mass is 9.95. The molecule has 1 heterocycles. The van der Waals surface area contributed by atoms with Crippen molar-refractivity contribution in [2.24, 2.45) is 11.8 Å². The van der Waals surface area contributed by atoms with Gasteiger partial charge in [-0.05, 0) is 55.4 Å². The van der Waals surface area contributed by atoms with Crippen molar-refractivity contribution in [2.45, 2.75) is 31.7 Å². The number of aliphatic hydroxyl groups is 1. The van der Waals surface area contributed by atoms with E-state index < -0.39 is 0 Å². The van der Waals surface area contributed by atoms with E-state index in [1.807, 2.05) is 0 Å². The van der Waals surface area contributed by atoms with Gasteiger partial charge < -0.3 is 15.2 Å². The minimum absolute atomic E-state index is 0.0522. The molecule has 2 aliphatic rings. The lowest BCUT2D eigenvalue weighted by Gasteiger charge is -2.27. The van der Waals surface area contributed by atoms with Crippen molar-refractivity contribution in [1.29, 1.82) is 0 Å². The second-order valence-electron chi connectivity index (χ2n) is 5.93. The first-order valence-corrected chi connectivity index (χ1v) is 7.50. The highest BCUT2D eigenvalue weighted by atomic mass is 19.1. The predicted octanol–water partition coefficient (Wildman–Crippen LogP) is 1.65. The molecule has 3 rings (SSSR count). The Bertz CT molecular complexity index is 530. The smallest absolute Gasteiger partial charge is 0.227 e. The Balaban J connectivity index is 1.63. The first-order chi connectivity index (χ1) is 10.2. The van der Waals surface area contributed by atoms with Gasteiger partial charge in [-0.2, -0.15) is 0 Å². The summed E-state index contributed by atoms with van der Waals surface area (Å²) in [5.41, 5.74) is 0.742. The summed E-state index contributed by atoms with van der Waals surface area (Å²) in [7, 11) is 0. The summed E-state index contributed by atoms with van der Waals surface area (Å²) in [4.78, 5) is 12.3. The first kappa shape index (κ1) is 14.3. The van der Waals surface area contributed by atoms with Crippen molar-refractivity contribution in [1.82, 2.24) is 5.32 Å². The van der Waals surface area contributed by atoms with Crippen molar-refractivity contribution in [3.63, 3.8) is 0 Å². The minimum Gasteiger partial charge on any atom is -0.492 e. The maximum Gasteiger partial charge on any atom is 0.227 e. The molecule has 2 N–H and O–H groups in total. The average Bonchev–Trinajstić information content (AvgIpc) is 3.30. The number of amides is 1. The molecular formula is C16H20FNO3. The summed E-state index contributed by atoms with van der Waals surface area (Å²) in [5.74, 6) is 0.494. The predicted molar refractivity (Wildman–Crippen MR) is 75.4 cm³/mol. The molecule has 0 saturated heterocycles. The number of benzene rings is 1. The van der Waals surface area contributed by atoms with Crippen molar-refractivity contribution in [2.75, 3.05) is 13.2 Å². The summed E-state index contributed by atoms with van der Waals surface area (Å²) in [6, 6.07) is 4.46. The fourth-order valence-electron chi connectivity index (χ4n) is 2.90. The molecular weight excluding hydrogens is 273 g/mol. The monoisotopic (exact) mass is 293 g/mol. The maximum atomic E-state index is 13.3. The number of rotatable bonds is 5. The molecule has 0 bridgehead atoms. The van der Waals surface area contributed by atoms with Crippen LogP contribution < -0.4 is 10.1 Å². The number of hydrogen-bond donors (Lipinski definition) is 2. The topological polar surface area (TPSA) is 58.6 Å². The summed E-state index contributed by atoms with van der Waals surface area (Å²) in [6.45, 7) is 0.400. The Kier molecular flexibility index (Phi) is 4.10. The Morgan fingerprint density at radius 1 is 1.48 bits per heavy atom. The zero-order valence-corrected chi connectivity index (χ0v) is 11.8. The lowest BCUT2D eigenvalue weighted by Crippen LogP contribution is -2.44. The van der Waals surface area contributed by atoms with Crippen LogP contribution in [0.3, 0.4) is 0 Å². The van der Waals surface area contributed by atoms with Crippen LogP contribution in [-0.2, 0) is 11.2 Å². The van der Waals surface area contributed by atoms with E-state index in [4.69, 9.17) is 9.84 Å². The van der Waals surface area contributed by atoms with Crippen LogP contribution in [0.15, 0.2) is 18.2 Å². The Hall–Kier alpha value is -1.62. The third-order valence-electron chi connectivity index (χ3n) is 4.26. The number of ether oxygens (including phenoxy) is 1. The third kappa shape index (κ3) is 3.35. The fourth-order valence-corrected chi connectivity index (χ4v) is 2.90. The number of fused-ring (bicyclic) bond motifs is 1. The van der Waals surface area contributed by atoms with Gasteiger partial charge >= 0.3 is 0 Å². The Morgan fingerprint density at radius 2 is 2.29 bits per heavy atom. The molecule has 2 unspecified atom stereocenters. The number of halogens is 1. The van der Waals surface area contributed by atoms with E-state index in [2.05, 4.69) is 5.32 Å². The summed E-state index contributed by atoms with van der Waals surface area (Å²) in [6.07, 6.45) is 3.31. The molecule has 1 aliphatic carbocycles. The van der Waals surface area contributed by atoms with Crippen LogP contribution in [0.5, 0.6) is 5.75 Å². The maximum absolute atomic E-state index is 13.3. The van der Waals surface area contributed by atoms with Crippen LogP contribution in [-0.4, -0.2) is 30.3 Å². The molecule has 1 aliphatic heterocycles. The highest BCUT2D eigenvalue weighted by Crippen LogP contribution is 2.34. The number of carbonyl (C=O) groups is 1. The number of aliphatic hydroxyl groups excluding tert-OH is 1. The molecule has 0 radical (unpaired) electrons. The summed E-state index contributed by atoms with van der Waals surface area (Å²) in [5, 5.41) is 12.1. The van der Waals surface area contributed by atoms with Gasteiger partial charge in [-0.25, -0.2) is 4.39 Å². The number of carbonyl (C=O) groups excluding carboxylic acids is 1. The zero-order chi connectivity index (χ0) is 14.8. The molecule has 1 fully saturated rings. The number of nitrogens with one attached hydrogen (secondary N) is 1. The molecule has 0 spiro atoms.